The Morgan fingerprint density at radius 3 is 2.24 bits per heavy atom. The van der Waals surface area contributed by atoms with Crippen molar-refractivity contribution >= 4 is 73.1 Å². The second kappa shape index (κ2) is 11.5. The van der Waals surface area contributed by atoms with Gasteiger partial charge in [0.15, 0.2) is 5.57 Å². The summed E-state index contributed by atoms with van der Waals surface area (Å²) in [7, 11) is 0. The maximum absolute atomic E-state index is 13.6. The highest BCUT2D eigenvalue weighted by atomic mass is 35.5. The number of rotatable bonds is 5. The molecule has 0 bridgehead atoms. The van der Waals surface area contributed by atoms with E-state index in [0.717, 1.165) is 38.0 Å². The van der Waals surface area contributed by atoms with Crippen molar-refractivity contribution in [3.05, 3.63) is 138 Å². The molecular formula is C34H21ClN4OS2. The molecule has 0 atom stereocenters. The maximum Gasteiger partial charge on any atom is 0.273 e. The Hall–Kier alpha value is -4.92. The minimum Gasteiger partial charge on any atom is -0.301 e. The molecule has 0 aliphatic carbocycles. The molecule has 8 heteroatoms. The molecule has 0 aliphatic rings. The summed E-state index contributed by atoms with van der Waals surface area (Å²) in [5.74, 6) is 0. The number of thiophene rings is 1. The lowest BCUT2D eigenvalue weighted by atomic mass is 10.0. The monoisotopic (exact) mass is 600 g/mol. The molecule has 0 N–H and O–H groups in total. The number of nitrogens with zero attached hydrogens (tertiary/aromatic N) is 4. The van der Waals surface area contributed by atoms with Gasteiger partial charge in [0.1, 0.15) is 21.8 Å². The van der Waals surface area contributed by atoms with Crippen LogP contribution in [-0.2, 0) is 0 Å². The van der Waals surface area contributed by atoms with Crippen molar-refractivity contribution in [1.29, 1.82) is 10.5 Å². The third kappa shape index (κ3) is 5.02. The fourth-order valence-electron chi connectivity index (χ4n) is 4.86. The van der Waals surface area contributed by atoms with Crippen LogP contribution in [0.4, 0.5) is 16.4 Å². The number of hydrogen-bond acceptors (Lipinski definition) is 6. The van der Waals surface area contributed by atoms with Gasteiger partial charge in [-0.3, -0.25) is 9.36 Å². The van der Waals surface area contributed by atoms with Crippen molar-refractivity contribution in [1.82, 2.24) is 4.57 Å². The average Bonchev–Trinajstić information content (AvgIpc) is 3.61. The summed E-state index contributed by atoms with van der Waals surface area (Å²) in [5.41, 5.74) is 3.39. The Bertz CT molecular complexity index is 2200. The highest BCUT2D eigenvalue weighted by molar-refractivity contribution is 7.17. The number of aromatic nitrogens is 1. The topological polar surface area (TPSA) is 72.8 Å². The van der Waals surface area contributed by atoms with E-state index in [2.05, 4.69) is 36.1 Å². The van der Waals surface area contributed by atoms with E-state index in [9.17, 15) is 15.3 Å². The average molecular weight is 601 g/mol. The summed E-state index contributed by atoms with van der Waals surface area (Å²) in [5, 5.41) is 23.1. The largest absolute Gasteiger partial charge is 0.301 e. The first kappa shape index (κ1) is 27.3. The van der Waals surface area contributed by atoms with Crippen LogP contribution in [0.1, 0.15) is 10.4 Å². The summed E-state index contributed by atoms with van der Waals surface area (Å²) in [4.78, 5) is 16.7. The van der Waals surface area contributed by atoms with Gasteiger partial charge in [-0.25, -0.2) is 0 Å². The lowest BCUT2D eigenvalue weighted by Crippen LogP contribution is -2.30. The number of fused-ring (bicyclic) bond motifs is 1. The summed E-state index contributed by atoms with van der Waals surface area (Å²) < 4.78 is 2.18. The smallest absolute Gasteiger partial charge is 0.273 e. The highest BCUT2D eigenvalue weighted by Gasteiger charge is 2.18. The van der Waals surface area contributed by atoms with Crippen LogP contribution in [0.5, 0.6) is 0 Å². The molecule has 202 valence electrons. The molecule has 0 spiro atoms. The molecule has 0 saturated heterocycles. The third-order valence-corrected chi connectivity index (χ3v) is 9.19. The number of aryl methyl sites for hydroxylation is 1. The molecule has 0 fully saturated rings. The van der Waals surface area contributed by atoms with E-state index in [4.69, 9.17) is 11.6 Å². The number of nitriles is 2. The van der Waals surface area contributed by atoms with Gasteiger partial charge >= 0.3 is 0 Å². The Balaban J connectivity index is 1.54. The Kier molecular flexibility index (Phi) is 7.48. The fourth-order valence-corrected chi connectivity index (χ4v) is 7.09. The quantitative estimate of drug-likeness (QED) is 0.205. The molecule has 0 unspecified atom stereocenters. The van der Waals surface area contributed by atoms with Crippen LogP contribution in [0.15, 0.2) is 108 Å². The van der Waals surface area contributed by atoms with Gasteiger partial charge in [-0.05, 0) is 78.5 Å². The molecule has 0 amide bonds. The zero-order valence-electron chi connectivity index (χ0n) is 22.3. The van der Waals surface area contributed by atoms with E-state index in [0.29, 0.717) is 19.9 Å². The Labute approximate surface area is 255 Å². The minimum absolute atomic E-state index is 0.104. The molecule has 0 saturated carbocycles. The predicted octanol–water partition coefficient (Wildman–Crippen LogP) is 7.57. The highest BCUT2D eigenvalue weighted by Crippen LogP contribution is 2.42. The van der Waals surface area contributed by atoms with Gasteiger partial charge in [-0.1, -0.05) is 60.1 Å². The molecule has 6 aromatic rings. The SMILES string of the molecule is Cc1ccc(N(c2ccc(Cl)cc2)c2ccc(/C=c3\sc(=C(C#N)C#N)n(-c4ccccc4)c3=O)s2)c2ccccc12. The van der Waals surface area contributed by atoms with Crippen molar-refractivity contribution < 1.29 is 0 Å². The van der Waals surface area contributed by atoms with Crippen LogP contribution < -0.4 is 19.7 Å². The van der Waals surface area contributed by atoms with Gasteiger partial charge in [0.05, 0.1) is 15.9 Å². The number of benzene rings is 4. The molecular weight excluding hydrogens is 580 g/mol. The second-order valence-electron chi connectivity index (χ2n) is 9.43. The Morgan fingerprint density at radius 2 is 1.52 bits per heavy atom. The summed E-state index contributed by atoms with van der Waals surface area (Å²) in [6.45, 7) is 2.11. The van der Waals surface area contributed by atoms with Crippen LogP contribution in [0.25, 0.3) is 28.1 Å². The van der Waals surface area contributed by atoms with Gasteiger partial charge in [0.25, 0.3) is 5.56 Å². The normalized spacial score (nSPS) is 11.3. The third-order valence-electron chi connectivity index (χ3n) is 6.83. The first-order chi connectivity index (χ1) is 20.5. The lowest BCUT2D eigenvalue weighted by Gasteiger charge is -2.25. The molecule has 2 aromatic heterocycles. The molecule has 5 nitrogen and oxygen atoms in total. The minimum atomic E-state index is -0.279. The molecule has 0 radical (unpaired) electrons. The van der Waals surface area contributed by atoms with Gasteiger partial charge in [0.2, 0.25) is 0 Å². The molecule has 2 heterocycles. The molecule has 4 aromatic carbocycles. The summed E-state index contributed by atoms with van der Waals surface area (Å²) >= 11 is 8.92. The van der Waals surface area contributed by atoms with Gasteiger partial charge in [-0.15, -0.1) is 22.7 Å². The maximum atomic E-state index is 13.6. The van der Waals surface area contributed by atoms with E-state index in [1.165, 1.54) is 15.5 Å². The van der Waals surface area contributed by atoms with Crippen LogP contribution >= 0.6 is 34.3 Å². The van der Waals surface area contributed by atoms with E-state index >= 15 is 0 Å². The van der Waals surface area contributed by atoms with Crippen LogP contribution in [-0.4, -0.2) is 4.57 Å². The van der Waals surface area contributed by atoms with E-state index in [-0.39, 0.29) is 11.1 Å². The van der Waals surface area contributed by atoms with Crippen molar-refractivity contribution in [2.75, 3.05) is 4.90 Å². The number of anilines is 3. The van der Waals surface area contributed by atoms with Crippen molar-refractivity contribution in [2.24, 2.45) is 0 Å². The van der Waals surface area contributed by atoms with E-state index < -0.39 is 0 Å². The van der Waals surface area contributed by atoms with Crippen molar-refractivity contribution in [3.8, 4) is 17.8 Å². The zero-order valence-corrected chi connectivity index (χ0v) is 24.7. The van der Waals surface area contributed by atoms with Crippen molar-refractivity contribution in [2.45, 2.75) is 6.92 Å². The second-order valence-corrected chi connectivity index (χ2v) is 12.0. The fraction of sp³-hybridized carbons (Fsp3) is 0.0294. The summed E-state index contributed by atoms with van der Waals surface area (Å²) in [6.07, 6.45) is 1.82. The van der Waals surface area contributed by atoms with Gasteiger partial charge in [-0.2, -0.15) is 10.5 Å². The van der Waals surface area contributed by atoms with Gasteiger partial charge in [0, 0.05) is 21.0 Å². The Morgan fingerprint density at radius 1 is 0.833 bits per heavy atom. The van der Waals surface area contributed by atoms with Crippen LogP contribution in [0, 0.1) is 29.6 Å². The van der Waals surface area contributed by atoms with Crippen LogP contribution in [0.3, 0.4) is 0 Å². The van der Waals surface area contributed by atoms with E-state index in [1.54, 1.807) is 23.5 Å². The molecule has 42 heavy (non-hydrogen) atoms. The van der Waals surface area contributed by atoms with Gasteiger partial charge < -0.3 is 4.90 Å². The van der Waals surface area contributed by atoms with Crippen molar-refractivity contribution in [3.63, 3.8) is 0 Å². The molecule has 0 aliphatic heterocycles. The number of hydrogen-bond donors (Lipinski definition) is 0. The zero-order chi connectivity index (χ0) is 29.2. The lowest BCUT2D eigenvalue weighted by molar-refractivity contribution is 0.988. The number of halogens is 1. The summed E-state index contributed by atoms with van der Waals surface area (Å²) in [6, 6.07) is 37.3. The standard InChI is InChI=1S/C34H21ClN4OS2/c1-22-11-17-30(29-10-6-5-9-28(22)29)38(26-14-12-24(35)13-15-26)32-18-16-27(41-32)19-31-33(40)39(25-7-3-2-4-8-25)34(42-31)23(20-36)21-37/h2-19H,1H3/b31-19-. The molecule has 6 rings (SSSR count). The first-order valence-electron chi connectivity index (χ1n) is 13.0. The predicted molar refractivity (Wildman–Crippen MR) is 174 cm³/mol. The number of thiazole rings is 1. The van der Waals surface area contributed by atoms with E-state index in [1.807, 2.05) is 84.9 Å². The first-order valence-corrected chi connectivity index (χ1v) is 15.0. The number of para-hydroxylation sites is 1. The van der Waals surface area contributed by atoms with Crippen LogP contribution in [0.2, 0.25) is 5.02 Å².